The third kappa shape index (κ3) is 4.89. The van der Waals surface area contributed by atoms with E-state index in [1.807, 2.05) is 30.3 Å². The number of carbonyl (C=O) groups excluding carboxylic acids is 1. The number of rotatable bonds is 6. The van der Waals surface area contributed by atoms with E-state index in [4.69, 9.17) is 9.84 Å². The lowest BCUT2D eigenvalue weighted by molar-refractivity contribution is 0.0923. The Morgan fingerprint density at radius 2 is 2.10 bits per heavy atom. The van der Waals surface area contributed by atoms with Crippen molar-refractivity contribution in [3.63, 3.8) is 0 Å². The quantitative estimate of drug-likeness (QED) is 0.849. The lowest BCUT2D eigenvalue weighted by Gasteiger charge is -2.09. The number of benzene rings is 1. The van der Waals surface area contributed by atoms with Gasteiger partial charge in [-0.1, -0.05) is 30.3 Å². The van der Waals surface area contributed by atoms with E-state index in [1.165, 1.54) is 6.20 Å². The molecule has 0 saturated carbocycles. The summed E-state index contributed by atoms with van der Waals surface area (Å²) in [5, 5.41) is 11.8. The molecule has 1 heterocycles. The van der Waals surface area contributed by atoms with Gasteiger partial charge >= 0.3 is 0 Å². The first-order chi connectivity index (χ1) is 10.1. The minimum atomic E-state index is -0.579. The lowest BCUT2D eigenvalue weighted by atomic mass is 10.2. The topological polar surface area (TPSA) is 71.5 Å². The summed E-state index contributed by atoms with van der Waals surface area (Å²) in [4.78, 5) is 16.0. The zero-order valence-electron chi connectivity index (χ0n) is 11.8. The van der Waals surface area contributed by atoms with Crippen molar-refractivity contribution in [1.82, 2.24) is 10.3 Å². The van der Waals surface area contributed by atoms with Crippen LogP contribution in [0.3, 0.4) is 0 Å². The molecule has 0 aliphatic rings. The first-order valence-electron chi connectivity index (χ1n) is 6.74. The molecule has 0 bridgehead atoms. The summed E-state index contributed by atoms with van der Waals surface area (Å²) in [5.41, 5.74) is 1.48. The van der Waals surface area contributed by atoms with E-state index in [1.54, 1.807) is 19.1 Å². The summed E-state index contributed by atoms with van der Waals surface area (Å²) in [5.74, 6) is 0.131. The van der Waals surface area contributed by atoms with E-state index in [9.17, 15) is 4.79 Å². The number of amides is 1. The summed E-state index contributed by atoms with van der Waals surface area (Å²) in [7, 11) is 0. The molecule has 0 spiro atoms. The molecule has 110 valence electrons. The van der Waals surface area contributed by atoms with Crippen LogP contribution in [0.4, 0.5) is 0 Å². The van der Waals surface area contributed by atoms with Crippen molar-refractivity contribution in [1.29, 1.82) is 0 Å². The van der Waals surface area contributed by atoms with Gasteiger partial charge in [0.2, 0.25) is 5.88 Å². The van der Waals surface area contributed by atoms with E-state index in [-0.39, 0.29) is 12.5 Å². The van der Waals surface area contributed by atoms with Gasteiger partial charge in [-0.05, 0) is 18.6 Å². The molecule has 0 saturated heterocycles. The Balaban J connectivity index is 1.96. The second kappa shape index (κ2) is 7.40. The number of aliphatic hydroxyl groups is 1. The van der Waals surface area contributed by atoms with Crippen LogP contribution in [0.2, 0.25) is 0 Å². The van der Waals surface area contributed by atoms with Crippen LogP contribution >= 0.6 is 0 Å². The molecule has 1 aromatic carbocycles. The minimum absolute atomic E-state index is 0.210. The number of hydrogen-bond donors (Lipinski definition) is 2. The minimum Gasteiger partial charge on any atom is -0.473 e. The summed E-state index contributed by atoms with van der Waals surface area (Å²) in [6.45, 7) is 2.22. The molecule has 2 N–H and O–H groups in total. The van der Waals surface area contributed by atoms with Gasteiger partial charge in [0.1, 0.15) is 6.61 Å². The summed E-state index contributed by atoms with van der Waals surface area (Å²) in [6, 6.07) is 12.9. The molecule has 5 nitrogen and oxygen atoms in total. The summed E-state index contributed by atoms with van der Waals surface area (Å²) >= 11 is 0. The second-order valence-electron chi connectivity index (χ2n) is 4.72. The van der Waals surface area contributed by atoms with Gasteiger partial charge in [-0.2, -0.15) is 0 Å². The molecule has 0 radical (unpaired) electrons. The van der Waals surface area contributed by atoms with Crippen LogP contribution in [0.1, 0.15) is 22.8 Å². The highest BCUT2D eigenvalue weighted by atomic mass is 16.5. The highest BCUT2D eigenvalue weighted by Crippen LogP contribution is 2.11. The van der Waals surface area contributed by atoms with Gasteiger partial charge in [0, 0.05) is 24.4 Å². The number of nitrogens with zero attached hydrogens (tertiary/aromatic N) is 1. The standard InChI is InChI=1S/C16H18N2O3/c1-12(19)10-18-16(20)14-7-8-17-15(9-14)21-11-13-5-3-2-4-6-13/h2-9,12,19H,10-11H2,1H3,(H,18,20). The van der Waals surface area contributed by atoms with Crippen LogP contribution in [0.25, 0.3) is 0 Å². The molecule has 1 aromatic heterocycles. The molecule has 2 aromatic rings. The van der Waals surface area contributed by atoms with Gasteiger partial charge in [-0.25, -0.2) is 4.98 Å². The Morgan fingerprint density at radius 3 is 2.81 bits per heavy atom. The fourth-order valence-corrected chi connectivity index (χ4v) is 1.70. The Labute approximate surface area is 123 Å². The smallest absolute Gasteiger partial charge is 0.251 e. The second-order valence-corrected chi connectivity index (χ2v) is 4.72. The number of hydrogen-bond acceptors (Lipinski definition) is 4. The maximum absolute atomic E-state index is 11.9. The molecule has 1 atom stereocenters. The lowest BCUT2D eigenvalue weighted by Crippen LogP contribution is -2.30. The van der Waals surface area contributed by atoms with Crippen molar-refractivity contribution in [2.45, 2.75) is 19.6 Å². The van der Waals surface area contributed by atoms with Gasteiger partial charge in [-0.15, -0.1) is 0 Å². The number of pyridine rings is 1. The highest BCUT2D eigenvalue weighted by molar-refractivity contribution is 5.94. The third-order valence-corrected chi connectivity index (χ3v) is 2.78. The molecule has 5 heteroatoms. The first-order valence-corrected chi connectivity index (χ1v) is 6.74. The van der Waals surface area contributed by atoms with Gasteiger partial charge in [0.25, 0.3) is 5.91 Å². The largest absolute Gasteiger partial charge is 0.473 e. The van der Waals surface area contributed by atoms with Crippen molar-refractivity contribution in [3.8, 4) is 5.88 Å². The summed E-state index contributed by atoms with van der Waals surface area (Å²) in [6.07, 6.45) is 0.946. The predicted molar refractivity (Wildman–Crippen MR) is 79.0 cm³/mol. The Bertz CT molecular complexity index is 585. The van der Waals surface area contributed by atoms with Crippen molar-refractivity contribution in [2.75, 3.05) is 6.54 Å². The first kappa shape index (κ1) is 15.0. The summed E-state index contributed by atoms with van der Waals surface area (Å²) < 4.78 is 5.57. The average Bonchev–Trinajstić information content (AvgIpc) is 2.52. The molecular formula is C16H18N2O3. The van der Waals surface area contributed by atoms with Crippen molar-refractivity contribution >= 4 is 5.91 Å². The van der Waals surface area contributed by atoms with Crippen LogP contribution in [-0.2, 0) is 6.61 Å². The molecule has 0 aliphatic heterocycles. The normalized spacial score (nSPS) is 11.7. The van der Waals surface area contributed by atoms with Crippen LogP contribution in [0, 0.1) is 0 Å². The van der Waals surface area contributed by atoms with Crippen LogP contribution in [-0.4, -0.2) is 28.6 Å². The highest BCUT2D eigenvalue weighted by Gasteiger charge is 2.08. The van der Waals surface area contributed by atoms with Crippen LogP contribution < -0.4 is 10.1 Å². The molecule has 1 unspecified atom stereocenters. The number of aromatic nitrogens is 1. The zero-order chi connectivity index (χ0) is 15.1. The zero-order valence-corrected chi connectivity index (χ0v) is 11.8. The van der Waals surface area contributed by atoms with Gasteiger partial charge in [0.05, 0.1) is 6.10 Å². The van der Waals surface area contributed by atoms with E-state index in [0.717, 1.165) is 5.56 Å². The molecule has 0 fully saturated rings. The van der Waals surface area contributed by atoms with E-state index < -0.39 is 6.10 Å². The van der Waals surface area contributed by atoms with E-state index >= 15 is 0 Å². The Morgan fingerprint density at radius 1 is 1.33 bits per heavy atom. The molecule has 21 heavy (non-hydrogen) atoms. The number of ether oxygens (including phenoxy) is 1. The Hall–Kier alpha value is -2.40. The van der Waals surface area contributed by atoms with E-state index in [2.05, 4.69) is 10.3 Å². The van der Waals surface area contributed by atoms with Crippen molar-refractivity contribution < 1.29 is 14.6 Å². The number of aliphatic hydroxyl groups excluding tert-OH is 1. The maximum Gasteiger partial charge on any atom is 0.251 e. The van der Waals surface area contributed by atoms with Crippen molar-refractivity contribution in [2.24, 2.45) is 0 Å². The van der Waals surface area contributed by atoms with E-state index in [0.29, 0.717) is 18.1 Å². The number of carbonyl (C=O) groups is 1. The fraction of sp³-hybridized carbons (Fsp3) is 0.250. The average molecular weight is 286 g/mol. The van der Waals surface area contributed by atoms with Crippen LogP contribution in [0.15, 0.2) is 48.7 Å². The fourth-order valence-electron chi connectivity index (χ4n) is 1.70. The van der Waals surface area contributed by atoms with Gasteiger partial charge in [0.15, 0.2) is 0 Å². The number of nitrogens with one attached hydrogen (secondary N) is 1. The maximum atomic E-state index is 11.9. The monoisotopic (exact) mass is 286 g/mol. The molecule has 0 aliphatic carbocycles. The molecule has 2 rings (SSSR count). The van der Waals surface area contributed by atoms with Gasteiger partial charge in [-0.3, -0.25) is 4.79 Å². The Kier molecular flexibility index (Phi) is 5.29. The van der Waals surface area contributed by atoms with Gasteiger partial charge < -0.3 is 15.2 Å². The SMILES string of the molecule is CC(O)CNC(=O)c1ccnc(OCc2ccccc2)c1. The van der Waals surface area contributed by atoms with Crippen LogP contribution in [0.5, 0.6) is 5.88 Å². The van der Waals surface area contributed by atoms with Crippen molar-refractivity contribution in [3.05, 3.63) is 59.8 Å². The third-order valence-electron chi connectivity index (χ3n) is 2.78. The predicted octanol–water partition coefficient (Wildman–Crippen LogP) is 1.77. The molecule has 1 amide bonds. The molecular weight excluding hydrogens is 268 g/mol.